The van der Waals surface area contributed by atoms with Crippen molar-refractivity contribution in [3.63, 3.8) is 0 Å². The molecule has 9 heteroatoms. The highest BCUT2D eigenvalue weighted by Crippen LogP contribution is 2.57. The number of ketones is 1. The molecule has 3 rings (SSSR count). The molecular weight excluding hydrogens is 497 g/mol. The molecule has 1 amide bonds. The van der Waals surface area contributed by atoms with Crippen LogP contribution in [-0.2, 0) is 4.79 Å². The number of carbonyl (C=O) groups excluding carboxylic acids is 2. The molecule has 2 aliphatic rings. The van der Waals surface area contributed by atoms with Crippen LogP contribution in [0.1, 0.15) is 22.0 Å². The lowest BCUT2D eigenvalue weighted by atomic mass is 10.2. The average molecular weight is 499 g/mol. The third kappa shape index (κ3) is 1.58. The van der Waals surface area contributed by atoms with Crippen molar-refractivity contribution in [1.82, 2.24) is 4.90 Å². The molecule has 0 radical (unpaired) electrons. The Balaban J connectivity index is 2.01. The van der Waals surface area contributed by atoms with E-state index in [4.69, 9.17) is 0 Å². The first-order valence-electron chi connectivity index (χ1n) is 4.66. The molecule has 0 aromatic carbocycles. The highest BCUT2D eigenvalue weighted by molar-refractivity contribution is 14.1. The van der Waals surface area contributed by atoms with E-state index in [1.807, 2.05) is 45.2 Å². The first kappa shape index (κ1) is 13.1. The van der Waals surface area contributed by atoms with Crippen molar-refractivity contribution in [2.75, 3.05) is 0 Å². The SMILES string of the molecule is O=C1c2c(I)sc(I)c2[C@@H]2[C@H]1N2C(=O)C(F)(F)F. The number of hydrogen-bond donors (Lipinski definition) is 0. The monoisotopic (exact) mass is 499 g/mol. The van der Waals surface area contributed by atoms with Gasteiger partial charge in [0.1, 0.15) is 6.04 Å². The molecule has 0 unspecified atom stereocenters. The summed E-state index contributed by atoms with van der Waals surface area (Å²) in [5.41, 5.74) is 1.10. The van der Waals surface area contributed by atoms with E-state index < -0.39 is 24.2 Å². The first-order valence-corrected chi connectivity index (χ1v) is 7.64. The maximum Gasteiger partial charge on any atom is 0.471 e. The standard InChI is InChI=1S/C9H2F3I2NO2S/c10-9(11,12)8(17)15-3-1-2(5(16)4(3)15)7(14)18-6(1)13/h3-4H/t3-,4-,15?/m1/s1. The second-order valence-corrected chi connectivity index (χ2v) is 8.54. The molecule has 96 valence electrons. The number of amides is 1. The van der Waals surface area contributed by atoms with Crippen LogP contribution in [0.5, 0.6) is 0 Å². The van der Waals surface area contributed by atoms with Gasteiger partial charge in [-0.3, -0.25) is 9.59 Å². The minimum atomic E-state index is -4.92. The smallest absolute Gasteiger partial charge is 0.312 e. The molecular formula is C9H2F3I2NO2S. The van der Waals surface area contributed by atoms with Gasteiger partial charge in [-0.25, -0.2) is 0 Å². The molecule has 1 aromatic heterocycles. The van der Waals surface area contributed by atoms with Crippen LogP contribution < -0.4 is 0 Å². The number of halogens is 5. The van der Waals surface area contributed by atoms with Crippen LogP contribution in [0, 0.1) is 5.77 Å². The predicted molar refractivity (Wildman–Crippen MR) is 73.5 cm³/mol. The van der Waals surface area contributed by atoms with Crippen molar-refractivity contribution in [2.45, 2.75) is 18.3 Å². The fraction of sp³-hybridized carbons (Fsp3) is 0.333. The van der Waals surface area contributed by atoms with Crippen molar-refractivity contribution in [3.05, 3.63) is 16.9 Å². The van der Waals surface area contributed by atoms with Crippen LogP contribution in [0.2, 0.25) is 0 Å². The Bertz CT molecular complexity index is 597. The van der Waals surface area contributed by atoms with Gasteiger partial charge in [0.2, 0.25) is 0 Å². The molecule has 0 bridgehead atoms. The molecule has 0 saturated carbocycles. The topological polar surface area (TPSA) is 37.1 Å². The van der Waals surface area contributed by atoms with E-state index in [9.17, 15) is 22.8 Å². The molecule has 0 spiro atoms. The predicted octanol–water partition coefficient (Wildman–Crippen LogP) is 2.97. The summed E-state index contributed by atoms with van der Waals surface area (Å²) in [6, 6.07) is -1.63. The van der Waals surface area contributed by atoms with Crippen molar-refractivity contribution in [2.24, 2.45) is 0 Å². The summed E-state index contributed by atoms with van der Waals surface area (Å²) < 4.78 is 38.6. The second kappa shape index (κ2) is 3.81. The van der Waals surface area contributed by atoms with Crippen LogP contribution in [0.3, 0.4) is 0 Å². The van der Waals surface area contributed by atoms with Crippen LogP contribution in [0.25, 0.3) is 0 Å². The molecule has 18 heavy (non-hydrogen) atoms. The van der Waals surface area contributed by atoms with E-state index in [2.05, 4.69) is 0 Å². The summed E-state index contributed by atoms with van der Waals surface area (Å²) in [6.45, 7) is 0. The summed E-state index contributed by atoms with van der Waals surface area (Å²) in [4.78, 5) is 23.7. The molecule has 0 N–H and O–H groups in total. The molecule has 2 atom stereocenters. The number of Topliss-reactive ketones (excluding diaryl/α,β-unsaturated/α-hetero) is 1. The van der Waals surface area contributed by atoms with Gasteiger partial charge in [0.25, 0.3) is 0 Å². The fourth-order valence-electron chi connectivity index (χ4n) is 2.23. The summed E-state index contributed by atoms with van der Waals surface area (Å²) in [6.07, 6.45) is -4.92. The lowest BCUT2D eigenvalue weighted by Crippen LogP contribution is -2.33. The summed E-state index contributed by atoms with van der Waals surface area (Å²) in [5, 5.41) is 0. The summed E-state index contributed by atoms with van der Waals surface area (Å²) in [5.74, 6) is -2.29. The molecule has 1 aliphatic heterocycles. The third-order valence-corrected chi connectivity index (χ3v) is 6.18. The number of carbonyl (C=O) groups is 2. The van der Waals surface area contributed by atoms with Gasteiger partial charge in [-0.05, 0) is 45.2 Å². The Kier molecular flexibility index (Phi) is 2.77. The van der Waals surface area contributed by atoms with Gasteiger partial charge in [-0.1, -0.05) is 0 Å². The van der Waals surface area contributed by atoms with E-state index in [1.54, 1.807) is 0 Å². The van der Waals surface area contributed by atoms with E-state index in [1.165, 1.54) is 11.3 Å². The quantitative estimate of drug-likeness (QED) is 0.407. The summed E-state index contributed by atoms with van der Waals surface area (Å²) >= 11 is 5.36. The third-order valence-electron chi connectivity index (χ3n) is 2.95. The van der Waals surface area contributed by atoms with Gasteiger partial charge < -0.3 is 4.90 Å². The maximum absolute atomic E-state index is 12.4. The Morgan fingerprint density at radius 2 is 1.83 bits per heavy atom. The van der Waals surface area contributed by atoms with E-state index in [-0.39, 0.29) is 5.78 Å². The van der Waals surface area contributed by atoms with Crippen molar-refractivity contribution >= 4 is 68.2 Å². The largest absolute Gasteiger partial charge is 0.471 e. The lowest BCUT2D eigenvalue weighted by Gasteiger charge is -2.10. The molecule has 3 nitrogen and oxygen atoms in total. The second-order valence-electron chi connectivity index (χ2n) is 3.90. The van der Waals surface area contributed by atoms with Crippen LogP contribution in [0.15, 0.2) is 0 Å². The normalized spacial score (nSPS) is 25.2. The van der Waals surface area contributed by atoms with Crippen LogP contribution in [-0.4, -0.2) is 28.8 Å². The zero-order chi connectivity index (χ0) is 13.4. The van der Waals surface area contributed by atoms with E-state index in [0.717, 1.165) is 5.77 Å². The molecule has 1 saturated heterocycles. The number of hydrogen-bond acceptors (Lipinski definition) is 3. The Labute approximate surface area is 130 Å². The zero-order valence-corrected chi connectivity index (χ0v) is 13.3. The maximum atomic E-state index is 12.4. The lowest BCUT2D eigenvalue weighted by molar-refractivity contribution is -0.180. The fourth-order valence-corrected chi connectivity index (χ4v) is 6.76. The van der Waals surface area contributed by atoms with Gasteiger partial charge >= 0.3 is 12.1 Å². The molecule has 2 heterocycles. The number of thiophene rings is 1. The summed E-state index contributed by atoms with van der Waals surface area (Å²) in [7, 11) is 0. The number of rotatable bonds is 0. The van der Waals surface area contributed by atoms with Crippen LogP contribution >= 0.6 is 56.5 Å². The molecule has 1 aliphatic carbocycles. The first-order chi connectivity index (χ1) is 8.25. The average Bonchev–Trinajstić information content (AvgIpc) is 2.78. The van der Waals surface area contributed by atoms with Gasteiger partial charge in [0.15, 0.2) is 5.78 Å². The van der Waals surface area contributed by atoms with E-state index in [0.29, 0.717) is 16.0 Å². The van der Waals surface area contributed by atoms with Crippen LogP contribution in [0.4, 0.5) is 13.2 Å². The van der Waals surface area contributed by atoms with Gasteiger partial charge in [0.05, 0.1) is 17.4 Å². The Hall–Kier alpha value is 0.0900. The van der Waals surface area contributed by atoms with Crippen molar-refractivity contribution in [1.29, 1.82) is 0 Å². The number of fused-ring (bicyclic) bond motifs is 3. The van der Waals surface area contributed by atoms with Gasteiger partial charge in [-0.15, -0.1) is 11.3 Å². The molecule has 1 aromatic rings. The Morgan fingerprint density at radius 3 is 2.39 bits per heavy atom. The highest BCUT2D eigenvalue weighted by Gasteiger charge is 2.67. The van der Waals surface area contributed by atoms with E-state index >= 15 is 0 Å². The minimum absolute atomic E-state index is 0.365. The zero-order valence-electron chi connectivity index (χ0n) is 8.22. The molecule has 1 fully saturated rings. The van der Waals surface area contributed by atoms with Crippen molar-refractivity contribution in [3.8, 4) is 0 Å². The van der Waals surface area contributed by atoms with Gasteiger partial charge in [0, 0.05) is 5.56 Å². The highest BCUT2D eigenvalue weighted by atomic mass is 127. The Morgan fingerprint density at radius 1 is 1.22 bits per heavy atom. The van der Waals surface area contributed by atoms with Crippen molar-refractivity contribution < 1.29 is 22.8 Å². The number of alkyl halides is 3. The minimum Gasteiger partial charge on any atom is -0.312 e. The van der Waals surface area contributed by atoms with Gasteiger partial charge in [-0.2, -0.15) is 13.2 Å². The number of nitrogens with zero attached hydrogens (tertiary/aromatic N) is 1.